The van der Waals surface area contributed by atoms with E-state index in [0.717, 1.165) is 71.0 Å². The lowest BCUT2D eigenvalue weighted by atomic mass is 9.83. The van der Waals surface area contributed by atoms with Gasteiger partial charge in [-0.1, -0.05) is 6.07 Å². The molecular formula is C22H31N5O2. The highest BCUT2D eigenvalue weighted by atomic mass is 16.5. The van der Waals surface area contributed by atoms with Crippen molar-refractivity contribution in [2.24, 2.45) is 13.0 Å². The monoisotopic (exact) mass is 397 g/mol. The number of hydrogen-bond donors (Lipinski definition) is 0. The Morgan fingerprint density at radius 1 is 1.10 bits per heavy atom. The van der Waals surface area contributed by atoms with Gasteiger partial charge in [-0.25, -0.2) is 0 Å². The van der Waals surface area contributed by atoms with E-state index in [1.807, 2.05) is 17.9 Å². The lowest BCUT2D eigenvalue weighted by Crippen LogP contribution is -2.47. The van der Waals surface area contributed by atoms with Crippen LogP contribution in [0, 0.1) is 5.92 Å². The summed E-state index contributed by atoms with van der Waals surface area (Å²) in [6.45, 7) is 8.14. The van der Waals surface area contributed by atoms with Crippen LogP contribution < -0.4 is 5.56 Å². The van der Waals surface area contributed by atoms with E-state index in [-0.39, 0.29) is 5.56 Å². The molecule has 2 aromatic rings. The van der Waals surface area contributed by atoms with Crippen molar-refractivity contribution in [3.8, 4) is 0 Å². The summed E-state index contributed by atoms with van der Waals surface area (Å²) in [5, 5.41) is 4.30. The fourth-order valence-electron chi connectivity index (χ4n) is 5.35. The fourth-order valence-corrected chi connectivity index (χ4v) is 5.35. The first-order chi connectivity index (χ1) is 14.2. The third-order valence-corrected chi connectivity index (χ3v) is 6.63. The van der Waals surface area contributed by atoms with Crippen molar-refractivity contribution in [3.05, 3.63) is 51.7 Å². The fraction of sp³-hybridized carbons (Fsp3) is 0.636. The number of fused-ring (bicyclic) bond motifs is 4. The third kappa shape index (κ3) is 4.04. The SMILES string of the molecule is Cn1cc(CN2C[C@@H]3C[C@H](C2)c2ccc(CN4CCCOCC4)c(=O)n2C3)cn1. The Labute approximate surface area is 171 Å². The van der Waals surface area contributed by atoms with Crippen LogP contribution in [0.15, 0.2) is 29.3 Å². The predicted molar refractivity (Wildman–Crippen MR) is 111 cm³/mol. The summed E-state index contributed by atoms with van der Waals surface area (Å²) in [4.78, 5) is 18.2. The molecular weight excluding hydrogens is 366 g/mol. The average Bonchev–Trinajstić information content (AvgIpc) is 2.95. The van der Waals surface area contributed by atoms with Crippen LogP contribution in [0.2, 0.25) is 0 Å². The molecule has 156 valence electrons. The van der Waals surface area contributed by atoms with Crippen LogP contribution >= 0.6 is 0 Å². The molecule has 7 nitrogen and oxygen atoms in total. The van der Waals surface area contributed by atoms with Crippen molar-refractivity contribution >= 4 is 0 Å². The zero-order valence-corrected chi connectivity index (χ0v) is 17.3. The van der Waals surface area contributed by atoms with Crippen molar-refractivity contribution in [1.82, 2.24) is 24.1 Å². The Morgan fingerprint density at radius 2 is 2.03 bits per heavy atom. The lowest BCUT2D eigenvalue weighted by molar-refractivity contribution is 0.114. The lowest BCUT2D eigenvalue weighted by Gasteiger charge is -2.43. The maximum atomic E-state index is 13.3. The highest BCUT2D eigenvalue weighted by Gasteiger charge is 2.35. The molecule has 0 N–H and O–H groups in total. The van der Waals surface area contributed by atoms with E-state index < -0.39 is 0 Å². The normalized spacial score (nSPS) is 25.6. The van der Waals surface area contributed by atoms with Crippen LogP contribution in [0.1, 0.15) is 35.6 Å². The van der Waals surface area contributed by atoms with E-state index in [1.165, 1.54) is 17.7 Å². The molecule has 0 spiro atoms. The van der Waals surface area contributed by atoms with Gasteiger partial charge < -0.3 is 9.30 Å². The Hall–Kier alpha value is -1.96. The van der Waals surface area contributed by atoms with Gasteiger partial charge in [0, 0.05) is 88.4 Å². The van der Waals surface area contributed by atoms with Crippen molar-refractivity contribution in [2.45, 2.75) is 38.4 Å². The number of ether oxygens (including phenoxy) is 1. The van der Waals surface area contributed by atoms with Crippen LogP contribution in [0.25, 0.3) is 0 Å². The summed E-state index contributed by atoms with van der Waals surface area (Å²) in [6.07, 6.45) is 6.31. The second kappa shape index (κ2) is 8.05. The minimum Gasteiger partial charge on any atom is -0.380 e. The third-order valence-electron chi connectivity index (χ3n) is 6.63. The van der Waals surface area contributed by atoms with Crippen molar-refractivity contribution < 1.29 is 4.74 Å². The van der Waals surface area contributed by atoms with Gasteiger partial charge in [0.25, 0.3) is 5.56 Å². The molecule has 2 bridgehead atoms. The molecule has 2 aromatic heterocycles. The number of aromatic nitrogens is 3. The van der Waals surface area contributed by atoms with Crippen molar-refractivity contribution in [1.29, 1.82) is 0 Å². The Kier molecular flexibility index (Phi) is 5.28. The van der Waals surface area contributed by atoms with Crippen molar-refractivity contribution in [3.63, 3.8) is 0 Å². The van der Waals surface area contributed by atoms with E-state index in [4.69, 9.17) is 4.74 Å². The molecule has 29 heavy (non-hydrogen) atoms. The highest BCUT2D eigenvalue weighted by Crippen LogP contribution is 2.35. The Balaban J connectivity index is 1.33. The maximum absolute atomic E-state index is 13.3. The highest BCUT2D eigenvalue weighted by molar-refractivity contribution is 5.22. The summed E-state index contributed by atoms with van der Waals surface area (Å²) in [6, 6.07) is 4.31. The number of hydrogen-bond acceptors (Lipinski definition) is 5. The quantitative estimate of drug-likeness (QED) is 0.781. The molecule has 0 aromatic carbocycles. The minimum absolute atomic E-state index is 0.225. The van der Waals surface area contributed by atoms with Gasteiger partial charge in [-0.2, -0.15) is 5.10 Å². The van der Waals surface area contributed by atoms with Crippen LogP contribution in [0.5, 0.6) is 0 Å². The molecule has 5 heterocycles. The van der Waals surface area contributed by atoms with Gasteiger partial charge >= 0.3 is 0 Å². The Bertz CT molecular complexity index is 912. The van der Waals surface area contributed by atoms with Gasteiger partial charge in [0.2, 0.25) is 0 Å². The molecule has 3 aliphatic heterocycles. The molecule has 2 atom stereocenters. The number of likely N-dealkylation sites (tertiary alicyclic amines) is 1. The topological polar surface area (TPSA) is 55.5 Å². The summed E-state index contributed by atoms with van der Waals surface area (Å²) >= 11 is 0. The largest absolute Gasteiger partial charge is 0.380 e. The number of nitrogens with zero attached hydrogens (tertiary/aromatic N) is 5. The van der Waals surface area contributed by atoms with E-state index in [2.05, 4.69) is 37.8 Å². The first kappa shape index (κ1) is 19.0. The molecule has 0 saturated carbocycles. The molecule has 3 aliphatic rings. The van der Waals surface area contributed by atoms with Crippen LogP contribution in [-0.2, 0) is 31.4 Å². The summed E-state index contributed by atoms with van der Waals surface area (Å²) in [5.74, 6) is 1.00. The van der Waals surface area contributed by atoms with Gasteiger partial charge in [-0.15, -0.1) is 0 Å². The molecule has 7 heteroatoms. The molecule has 2 saturated heterocycles. The van der Waals surface area contributed by atoms with E-state index in [1.54, 1.807) is 0 Å². The second-order valence-corrected chi connectivity index (χ2v) is 8.96. The first-order valence-electron chi connectivity index (χ1n) is 10.9. The molecule has 0 radical (unpaired) electrons. The maximum Gasteiger partial charge on any atom is 0.255 e. The van der Waals surface area contributed by atoms with Gasteiger partial charge in [0.15, 0.2) is 0 Å². The molecule has 0 amide bonds. The van der Waals surface area contributed by atoms with Gasteiger partial charge in [-0.05, 0) is 24.8 Å². The van der Waals surface area contributed by atoms with E-state index in [9.17, 15) is 4.79 Å². The zero-order chi connectivity index (χ0) is 19.8. The number of pyridine rings is 1. The minimum atomic E-state index is 0.225. The number of aryl methyl sites for hydroxylation is 1. The molecule has 0 unspecified atom stereocenters. The summed E-state index contributed by atoms with van der Waals surface area (Å²) < 4.78 is 9.51. The standard InChI is InChI=1S/C22H31N5O2/c1-24-11-18(10-23-24)13-26-12-17-9-20(16-26)21-4-3-19(22(28)27(21)14-17)15-25-5-2-7-29-8-6-25/h3-4,10-11,17,20H,2,5-9,12-16H2,1H3/t17-,20+/m0/s1. The first-order valence-corrected chi connectivity index (χ1v) is 10.9. The zero-order valence-electron chi connectivity index (χ0n) is 17.3. The van der Waals surface area contributed by atoms with Crippen LogP contribution in [-0.4, -0.2) is 63.5 Å². The average molecular weight is 398 g/mol. The summed E-state index contributed by atoms with van der Waals surface area (Å²) in [5.41, 5.74) is 3.65. The summed E-state index contributed by atoms with van der Waals surface area (Å²) in [7, 11) is 1.97. The van der Waals surface area contributed by atoms with Gasteiger partial charge in [0.1, 0.15) is 0 Å². The molecule has 0 aliphatic carbocycles. The number of rotatable bonds is 4. The number of piperidine rings is 1. The van der Waals surface area contributed by atoms with Crippen molar-refractivity contribution in [2.75, 3.05) is 39.4 Å². The molecule has 5 rings (SSSR count). The van der Waals surface area contributed by atoms with E-state index >= 15 is 0 Å². The Morgan fingerprint density at radius 3 is 2.90 bits per heavy atom. The van der Waals surface area contributed by atoms with Crippen LogP contribution in [0.3, 0.4) is 0 Å². The van der Waals surface area contributed by atoms with Gasteiger partial charge in [-0.3, -0.25) is 19.3 Å². The smallest absolute Gasteiger partial charge is 0.255 e. The van der Waals surface area contributed by atoms with Crippen LogP contribution in [0.4, 0.5) is 0 Å². The van der Waals surface area contributed by atoms with Gasteiger partial charge in [0.05, 0.1) is 12.8 Å². The molecule has 2 fully saturated rings. The second-order valence-electron chi connectivity index (χ2n) is 8.96. The predicted octanol–water partition coefficient (Wildman–Crippen LogP) is 1.42. The van der Waals surface area contributed by atoms with E-state index in [0.29, 0.717) is 11.8 Å².